The maximum Gasteiger partial charge on any atom is 0.243 e. The molecule has 0 aliphatic heterocycles. The molecule has 0 saturated heterocycles. The summed E-state index contributed by atoms with van der Waals surface area (Å²) in [5.41, 5.74) is 0.111. The van der Waals surface area contributed by atoms with Crippen LogP contribution in [-0.2, 0) is 0 Å². The maximum absolute atomic E-state index is 9.78. The fourth-order valence-electron chi connectivity index (χ4n) is 0.231. The summed E-state index contributed by atoms with van der Waals surface area (Å²) < 4.78 is 0. The van der Waals surface area contributed by atoms with Gasteiger partial charge >= 0.3 is 0 Å². The molecule has 0 amide bonds. The lowest BCUT2D eigenvalue weighted by Gasteiger charge is -1.82. The predicted octanol–water partition coefficient (Wildman–Crippen LogP) is 1.35. The first-order valence-electron chi connectivity index (χ1n) is 2.12. The Bertz CT molecular complexity index is 137. The van der Waals surface area contributed by atoms with Crippen LogP contribution in [0.15, 0.2) is 24.4 Å². The van der Waals surface area contributed by atoms with Crippen molar-refractivity contribution in [2.24, 2.45) is 0 Å². The largest absolute Gasteiger partial charge is 0.259 e. The Morgan fingerprint density at radius 3 is 2.50 bits per heavy atom. The van der Waals surface area contributed by atoms with E-state index in [2.05, 4.69) is 6.58 Å². The zero-order valence-corrected chi connectivity index (χ0v) is 4.63. The fourth-order valence-corrected chi connectivity index (χ4v) is 0.231. The van der Waals surface area contributed by atoms with Crippen LogP contribution >= 0.6 is 0 Å². The Labute approximate surface area is 47.5 Å². The minimum Gasteiger partial charge on any atom is -0.259 e. The summed E-state index contributed by atoms with van der Waals surface area (Å²) in [6.45, 7) is 4.72. The van der Waals surface area contributed by atoms with Crippen LogP contribution in [0.5, 0.6) is 0 Å². The Kier molecular flexibility index (Phi) is 2.54. The molecule has 0 spiro atoms. The van der Waals surface area contributed by atoms with E-state index in [1.54, 1.807) is 0 Å². The Morgan fingerprint density at radius 1 is 1.88 bits per heavy atom. The number of hydrogen-bond acceptors (Lipinski definition) is 2. The van der Waals surface area contributed by atoms with Gasteiger partial charge in [-0.25, -0.2) is 0 Å². The maximum atomic E-state index is 9.78. The van der Waals surface area contributed by atoms with Crippen molar-refractivity contribution < 1.29 is 4.92 Å². The third kappa shape index (κ3) is 2.12. The number of allylic oxidation sites excluding steroid dienone is 3. The zero-order valence-electron chi connectivity index (χ0n) is 4.63. The Balaban J connectivity index is 3.99. The molecule has 0 aromatic carbocycles. The van der Waals surface area contributed by atoms with Crippen molar-refractivity contribution in [1.82, 2.24) is 0 Å². The molecule has 0 rings (SSSR count). The van der Waals surface area contributed by atoms with Crippen LogP contribution in [0.25, 0.3) is 0 Å². The molecule has 8 heavy (non-hydrogen) atoms. The topological polar surface area (TPSA) is 43.1 Å². The van der Waals surface area contributed by atoms with E-state index in [1.165, 1.54) is 19.1 Å². The van der Waals surface area contributed by atoms with Crippen LogP contribution < -0.4 is 0 Å². The Morgan fingerprint density at radius 2 is 2.38 bits per heavy atom. The molecule has 3 nitrogen and oxygen atoms in total. The van der Waals surface area contributed by atoms with Gasteiger partial charge in [-0.15, -0.1) is 0 Å². The van der Waals surface area contributed by atoms with Gasteiger partial charge in [0, 0.05) is 13.0 Å². The van der Waals surface area contributed by atoms with Crippen LogP contribution in [-0.4, -0.2) is 4.92 Å². The van der Waals surface area contributed by atoms with Crippen molar-refractivity contribution in [2.75, 3.05) is 0 Å². The van der Waals surface area contributed by atoms with Crippen LogP contribution in [0, 0.1) is 10.1 Å². The smallest absolute Gasteiger partial charge is 0.243 e. The van der Waals surface area contributed by atoms with Crippen LogP contribution in [0.2, 0.25) is 0 Å². The minimum atomic E-state index is -0.457. The van der Waals surface area contributed by atoms with Crippen LogP contribution in [0.1, 0.15) is 6.92 Å². The highest BCUT2D eigenvalue weighted by atomic mass is 16.6. The summed E-state index contributed by atoms with van der Waals surface area (Å²) in [6.07, 6.45) is 2.73. The van der Waals surface area contributed by atoms with E-state index in [4.69, 9.17) is 0 Å². The number of hydrogen-bond donors (Lipinski definition) is 0. The van der Waals surface area contributed by atoms with Gasteiger partial charge in [-0.1, -0.05) is 12.7 Å². The molecule has 0 unspecified atom stereocenters. The van der Waals surface area contributed by atoms with Crippen molar-refractivity contribution in [2.45, 2.75) is 6.92 Å². The number of nitro groups is 1. The number of rotatable bonds is 2. The lowest BCUT2D eigenvalue weighted by molar-refractivity contribution is -0.424. The summed E-state index contributed by atoms with van der Waals surface area (Å²) in [7, 11) is 0. The second-order valence-corrected chi connectivity index (χ2v) is 1.30. The van der Waals surface area contributed by atoms with Gasteiger partial charge in [0.2, 0.25) is 5.70 Å². The lowest BCUT2D eigenvalue weighted by Crippen LogP contribution is -1.91. The molecule has 0 bridgehead atoms. The van der Waals surface area contributed by atoms with Gasteiger partial charge in [-0.05, 0) is 0 Å². The lowest BCUT2D eigenvalue weighted by atomic mass is 10.4. The predicted molar refractivity (Wildman–Crippen MR) is 30.9 cm³/mol. The van der Waals surface area contributed by atoms with Gasteiger partial charge in [-0.3, -0.25) is 10.1 Å². The highest BCUT2D eigenvalue weighted by Crippen LogP contribution is 1.90. The fraction of sp³-hybridized carbons (Fsp3) is 0.200. The molecule has 0 aliphatic carbocycles. The van der Waals surface area contributed by atoms with E-state index in [-0.39, 0.29) is 5.70 Å². The zero-order chi connectivity index (χ0) is 6.57. The van der Waals surface area contributed by atoms with Gasteiger partial charge in [0.15, 0.2) is 0 Å². The normalized spacial score (nSPS) is 10.9. The molecule has 0 heterocycles. The first-order valence-corrected chi connectivity index (χ1v) is 2.12. The molecule has 0 N–H and O–H groups in total. The molecule has 3 heteroatoms. The first-order chi connectivity index (χ1) is 3.68. The first kappa shape index (κ1) is 6.88. The molecule has 0 saturated carbocycles. The summed E-state index contributed by atoms with van der Waals surface area (Å²) >= 11 is 0. The van der Waals surface area contributed by atoms with Crippen molar-refractivity contribution in [3.8, 4) is 0 Å². The van der Waals surface area contributed by atoms with Gasteiger partial charge in [0.1, 0.15) is 0 Å². The molecule has 0 radical (unpaired) electrons. The molecule has 44 valence electrons. The van der Waals surface area contributed by atoms with E-state index in [1.807, 2.05) is 0 Å². The van der Waals surface area contributed by atoms with Crippen molar-refractivity contribution in [1.29, 1.82) is 0 Å². The van der Waals surface area contributed by atoms with Crippen LogP contribution in [0.4, 0.5) is 0 Å². The van der Waals surface area contributed by atoms with E-state index >= 15 is 0 Å². The van der Waals surface area contributed by atoms with Gasteiger partial charge in [0.05, 0.1) is 4.92 Å². The van der Waals surface area contributed by atoms with E-state index in [0.29, 0.717) is 0 Å². The SMILES string of the molecule is C=C/C=C(\C)[N+](=O)[O-]. The van der Waals surface area contributed by atoms with Gasteiger partial charge in [0.25, 0.3) is 0 Å². The number of nitrogens with zero attached hydrogens (tertiary/aromatic N) is 1. The monoisotopic (exact) mass is 113 g/mol. The molecule has 0 atom stereocenters. The molecular weight excluding hydrogens is 106 g/mol. The van der Waals surface area contributed by atoms with Crippen LogP contribution in [0.3, 0.4) is 0 Å². The van der Waals surface area contributed by atoms with Crippen molar-refractivity contribution >= 4 is 0 Å². The highest BCUT2D eigenvalue weighted by molar-refractivity contribution is 5.00. The van der Waals surface area contributed by atoms with Crippen molar-refractivity contribution in [3.63, 3.8) is 0 Å². The molecule has 0 aromatic heterocycles. The highest BCUT2D eigenvalue weighted by Gasteiger charge is 1.95. The van der Waals surface area contributed by atoms with E-state index in [9.17, 15) is 10.1 Å². The third-order valence-electron chi connectivity index (χ3n) is 0.647. The van der Waals surface area contributed by atoms with Gasteiger partial charge in [-0.2, -0.15) is 0 Å². The average Bonchev–Trinajstić information content (AvgIpc) is 1.67. The minimum absolute atomic E-state index is 0.111. The van der Waals surface area contributed by atoms with Gasteiger partial charge < -0.3 is 0 Å². The summed E-state index contributed by atoms with van der Waals surface area (Å²) in [5, 5.41) is 9.78. The summed E-state index contributed by atoms with van der Waals surface area (Å²) in [5.74, 6) is 0. The molecule has 0 aromatic rings. The summed E-state index contributed by atoms with van der Waals surface area (Å²) in [4.78, 5) is 9.32. The second-order valence-electron chi connectivity index (χ2n) is 1.30. The average molecular weight is 113 g/mol. The van der Waals surface area contributed by atoms with E-state index < -0.39 is 4.92 Å². The molecule has 0 aliphatic rings. The quantitative estimate of drug-likeness (QED) is 0.308. The standard InChI is InChI=1S/C5H7NO2/c1-3-4-5(2)6(7)8/h3-4H,1H2,2H3/b5-4+. The molecular formula is C5H7NO2. The third-order valence-corrected chi connectivity index (χ3v) is 0.647. The summed E-state index contributed by atoms with van der Waals surface area (Å²) in [6, 6.07) is 0. The Hall–Kier alpha value is -1.12. The molecule has 0 fully saturated rings. The second kappa shape index (κ2) is 2.96. The van der Waals surface area contributed by atoms with Crippen molar-refractivity contribution in [3.05, 3.63) is 34.5 Å². The van der Waals surface area contributed by atoms with E-state index in [0.717, 1.165) is 0 Å².